The van der Waals surface area contributed by atoms with Crippen LogP contribution in [0.25, 0.3) is 11.1 Å². The minimum absolute atomic E-state index is 0.144. The Morgan fingerprint density at radius 2 is 1.74 bits per heavy atom. The molecule has 1 fully saturated rings. The van der Waals surface area contributed by atoms with Crippen LogP contribution >= 0.6 is 0 Å². The monoisotopic (exact) mass is 256 g/mol. The van der Waals surface area contributed by atoms with Crippen LogP contribution in [0.3, 0.4) is 0 Å². The second kappa shape index (κ2) is 5.36. The maximum absolute atomic E-state index is 9.19. The topological polar surface area (TPSA) is 55.2 Å². The first-order chi connectivity index (χ1) is 9.31. The first kappa shape index (κ1) is 12.1. The average Bonchev–Trinajstić information content (AvgIpc) is 2.44. The van der Waals surface area contributed by atoms with Gasteiger partial charge in [0, 0.05) is 18.0 Å². The van der Waals surface area contributed by atoms with Gasteiger partial charge in [-0.05, 0) is 24.3 Å². The lowest BCUT2D eigenvalue weighted by molar-refractivity contribution is 0.0185. The molecule has 98 valence electrons. The molecule has 1 heterocycles. The van der Waals surface area contributed by atoms with Gasteiger partial charge in [-0.1, -0.05) is 30.3 Å². The van der Waals surface area contributed by atoms with Gasteiger partial charge in [0.1, 0.15) is 0 Å². The van der Waals surface area contributed by atoms with Gasteiger partial charge in [-0.2, -0.15) is 0 Å². The van der Waals surface area contributed by atoms with E-state index in [1.807, 2.05) is 30.3 Å². The highest BCUT2D eigenvalue weighted by molar-refractivity contribution is 5.61. The number of aliphatic hydroxyl groups is 1. The highest BCUT2D eigenvalue weighted by Gasteiger charge is 2.27. The van der Waals surface area contributed by atoms with E-state index in [4.69, 9.17) is 4.74 Å². The highest BCUT2D eigenvalue weighted by Crippen LogP contribution is 2.27. The van der Waals surface area contributed by atoms with E-state index in [0.29, 0.717) is 18.5 Å². The molecule has 3 rings (SSSR count). The molecule has 0 spiro atoms. The lowest BCUT2D eigenvalue weighted by Gasteiger charge is -2.30. The fourth-order valence-electron chi connectivity index (χ4n) is 2.20. The molecule has 19 heavy (non-hydrogen) atoms. The fourth-order valence-corrected chi connectivity index (χ4v) is 2.20. The summed E-state index contributed by atoms with van der Waals surface area (Å²) in [4.78, 5) is 8.42. The van der Waals surface area contributed by atoms with E-state index in [-0.39, 0.29) is 6.10 Å². The number of hydrogen-bond donors (Lipinski definition) is 1. The van der Waals surface area contributed by atoms with E-state index in [2.05, 4.69) is 9.97 Å². The normalized spacial score (nSPS) is 21.7. The number of benzene rings is 1. The van der Waals surface area contributed by atoms with E-state index < -0.39 is 0 Å². The zero-order chi connectivity index (χ0) is 13.1. The molecule has 1 aliphatic rings. The van der Waals surface area contributed by atoms with E-state index in [1.165, 1.54) is 0 Å². The van der Waals surface area contributed by atoms with Crippen LogP contribution in [-0.4, -0.2) is 27.8 Å². The molecule has 0 aliphatic heterocycles. The second-order valence-corrected chi connectivity index (χ2v) is 4.92. The van der Waals surface area contributed by atoms with Crippen LogP contribution in [0.4, 0.5) is 0 Å². The molecule has 0 bridgehead atoms. The quantitative estimate of drug-likeness (QED) is 0.912. The number of ether oxygens (including phenoxy) is 1. The van der Waals surface area contributed by atoms with Crippen molar-refractivity contribution >= 4 is 0 Å². The summed E-state index contributed by atoms with van der Waals surface area (Å²) < 4.78 is 5.52. The number of aliphatic hydroxyl groups excluding tert-OH is 1. The predicted octanol–water partition coefficient (Wildman–Crippen LogP) is 2.29. The Morgan fingerprint density at radius 3 is 2.37 bits per heavy atom. The van der Waals surface area contributed by atoms with Crippen molar-refractivity contribution in [2.45, 2.75) is 18.9 Å². The summed E-state index contributed by atoms with van der Waals surface area (Å²) in [6, 6.07) is 10.4. The molecule has 0 radical (unpaired) electrons. The van der Waals surface area contributed by atoms with Crippen LogP contribution in [0.1, 0.15) is 12.8 Å². The largest absolute Gasteiger partial charge is 0.463 e. The van der Waals surface area contributed by atoms with Gasteiger partial charge in [-0.3, -0.25) is 0 Å². The summed E-state index contributed by atoms with van der Waals surface area (Å²) in [6.45, 7) is 0.585. The summed E-state index contributed by atoms with van der Waals surface area (Å²) in [5.74, 6) is 0.437. The zero-order valence-electron chi connectivity index (χ0n) is 10.6. The van der Waals surface area contributed by atoms with Crippen LogP contribution in [0.2, 0.25) is 0 Å². The first-order valence-corrected chi connectivity index (χ1v) is 6.49. The number of nitrogens with zero attached hydrogens (tertiary/aromatic N) is 2. The van der Waals surface area contributed by atoms with E-state index >= 15 is 0 Å². The third-order valence-corrected chi connectivity index (χ3v) is 3.39. The summed E-state index contributed by atoms with van der Waals surface area (Å²) in [5.41, 5.74) is 2.07. The fraction of sp³-hybridized carbons (Fsp3) is 0.333. The molecule has 1 N–H and O–H groups in total. The van der Waals surface area contributed by atoms with Gasteiger partial charge in [0.25, 0.3) is 0 Å². The third-order valence-electron chi connectivity index (χ3n) is 3.39. The lowest BCUT2D eigenvalue weighted by atomic mass is 9.83. The van der Waals surface area contributed by atoms with Gasteiger partial charge in [0.2, 0.25) is 0 Å². The smallest absolute Gasteiger partial charge is 0.316 e. The van der Waals surface area contributed by atoms with Crippen molar-refractivity contribution in [3.05, 3.63) is 42.7 Å². The van der Waals surface area contributed by atoms with Crippen LogP contribution in [0.15, 0.2) is 42.7 Å². The molecule has 0 unspecified atom stereocenters. The molecular formula is C15H16N2O2. The Kier molecular flexibility index (Phi) is 3.42. The van der Waals surface area contributed by atoms with Gasteiger partial charge in [0.15, 0.2) is 0 Å². The van der Waals surface area contributed by atoms with Gasteiger partial charge in [0.05, 0.1) is 12.7 Å². The van der Waals surface area contributed by atoms with Crippen molar-refractivity contribution in [3.8, 4) is 17.1 Å². The summed E-state index contributed by atoms with van der Waals surface area (Å²) in [6.07, 6.45) is 5.04. The van der Waals surface area contributed by atoms with Crippen molar-refractivity contribution < 1.29 is 9.84 Å². The minimum Gasteiger partial charge on any atom is -0.463 e. The summed E-state index contributed by atoms with van der Waals surface area (Å²) >= 11 is 0. The summed E-state index contributed by atoms with van der Waals surface area (Å²) in [7, 11) is 0. The predicted molar refractivity (Wildman–Crippen MR) is 71.7 cm³/mol. The molecule has 0 amide bonds. The van der Waals surface area contributed by atoms with Gasteiger partial charge < -0.3 is 9.84 Å². The molecule has 1 aromatic carbocycles. The Morgan fingerprint density at radius 1 is 1.05 bits per heavy atom. The van der Waals surface area contributed by atoms with Crippen LogP contribution in [0, 0.1) is 5.92 Å². The van der Waals surface area contributed by atoms with E-state index in [9.17, 15) is 5.11 Å². The maximum Gasteiger partial charge on any atom is 0.316 e. The molecule has 4 nitrogen and oxygen atoms in total. The second-order valence-electron chi connectivity index (χ2n) is 4.92. The van der Waals surface area contributed by atoms with Crippen LogP contribution in [0.5, 0.6) is 6.01 Å². The number of aromatic nitrogens is 2. The maximum atomic E-state index is 9.19. The van der Waals surface area contributed by atoms with Gasteiger partial charge in [-0.15, -0.1) is 0 Å². The first-order valence-electron chi connectivity index (χ1n) is 6.49. The Bertz CT molecular complexity index is 522. The minimum atomic E-state index is -0.144. The van der Waals surface area contributed by atoms with Gasteiger partial charge in [-0.25, -0.2) is 9.97 Å². The molecule has 0 atom stereocenters. The SMILES string of the molecule is OC1CC(COc2ncc(-c3ccccc3)cn2)C1. The van der Waals surface area contributed by atoms with E-state index in [1.54, 1.807) is 12.4 Å². The molecule has 1 saturated carbocycles. The summed E-state index contributed by atoms with van der Waals surface area (Å²) in [5, 5.41) is 9.19. The van der Waals surface area contributed by atoms with Crippen LogP contribution < -0.4 is 4.74 Å². The van der Waals surface area contributed by atoms with Crippen molar-refractivity contribution in [1.82, 2.24) is 9.97 Å². The standard InChI is InChI=1S/C15H16N2O2/c18-14-6-11(7-14)10-19-15-16-8-13(9-17-15)12-4-2-1-3-5-12/h1-5,8-9,11,14,18H,6-7,10H2. The molecule has 1 aromatic heterocycles. The Labute approximate surface area is 112 Å². The van der Waals surface area contributed by atoms with Crippen molar-refractivity contribution in [1.29, 1.82) is 0 Å². The molecule has 1 aliphatic carbocycles. The van der Waals surface area contributed by atoms with Crippen molar-refractivity contribution in [3.63, 3.8) is 0 Å². The molecule has 4 heteroatoms. The zero-order valence-corrected chi connectivity index (χ0v) is 10.6. The van der Waals surface area contributed by atoms with E-state index in [0.717, 1.165) is 24.0 Å². The Hall–Kier alpha value is -1.94. The average molecular weight is 256 g/mol. The van der Waals surface area contributed by atoms with Crippen molar-refractivity contribution in [2.75, 3.05) is 6.61 Å². The molecule has 0 saturated heterocycles. The molecular weight excluding hydrogens is 240 g/mol. The lowest BCUT2D eigenvalue weighted by Crippen LogP contribution is -2.32. The third kappa shape index (κ3) is 2.90. The highest BCUT2D eigenvalue weighted by atomic mass is 16.5. The van der Waals surface area contributed by atoms with Crippen LogP contribution in [-0.2, 0) is 0 Å². The van der Waals surface area contributed by atoms with Crippen molar-refractivity contribution in [2.24, 2.45) is 5.92 Å². The Balaban J connectivity index is 1.60. The number of hydrogen-bond acceptors (Lipinski definition) is 4. The molecule has 2 aromatic rings. The van der Waals surface area contributed by atoms with Gasteiger partial charge >= 0.3 is 6.01 Å². The number of rotatable bonds is 4.